The third-order valence-corrected chi connectivity index (χ3v) is 1.69. The highest BCUT2D eigenvalue weighted by Gasteiger charge is 2.09. The number of methoxy groups -OCH3 is 1. The fourth-order valence-corrected chi connectivity index (χ4v) is 1.03. The van der Waals surface area contributed by atoms with Crippen LogP contribution >= 0.6 is 0 Å². The lowest BCUT2D eigenvalue weighted by atomic mass is 10.4. The number of ether oxygens (including phenoxy) is 1. The van der Waals surface area contributed by atoms with Gasteiger partial charge < -0.3 is 20.1 Å². The van der Waals surface area contributed by atoms with E-state index in [4.69, 9.17) is 9.84 Å². The number of amides is 2. The minimum atomic E-state index is -0.496. The minimum absolute atomic E-state index is 0.165. The predicted molar refractivity (Wildman–Crippen MR) is 54.2 cm³/mol. The summed E-state index contributed by atoms with van der Waals surface area (Å²) >= 11 is 0. The molecular weight excluding hydrogens is 184 g/mol. The molecule has 0 rings (SSSR count). The molecular formula is C9H20N2O3. The summed E-state index contributed by atoms with van der Waals surface area (Å²) in [6.45, 7) is 3.22. The molecule has 1 unspecified atom stereocenters. The number of carbonyl (C=O) groups excluding carboxylic acids is 1. The molecule has 5 nitrogen and oxygen atoms in total. The van der Waals surface area contributed by atoms with Crippen molar-refractivity contribution < 1.29 is 14.6 Å². The summed E-state index contributed by atoms with van der Waals surface area (Å²) < 4.78 is 4.84. The Balaban J connectivity index is 3.52. The topological polar surface area (TPSA) is 61.8 Å². The number of likely N-dealkylation sites (N-methyl/N-ethyl adjacent to an activating group) is 1. The first-order chi connectivity index (χ1) is 6.57. The van der Waals surface area contributed by atoms with E-state index < -0.39 is 6.10 Å². The Morgan fingerprint density at radius 2 is 2.29 bits per heavy atom. The summed E-state index contributed by atoms with van der Waals surface area (Å²) in [4.78, 5) is 12.8. The van der Waals surface area contributed by atoms with Crippen LogP contribution in [0.5, 0.6) is 0 Å². The van der Waals surface area contributed by atoms with Crippen molar-refractivity contribution in [1.82, 2.24) is 10.2 Å². The van der Waals surface area contributed by atoms with Gasteiger partial charge in [-0.05, 0) is 13.3 Å². The molecule has 14 heavy (non-hydrogen) atoms. The SMILES string of the molecule is COCCCNC(=O)N(C)CC(C)O. The molecule has 0 heterocycles. The Labute approximate surface area is 85.0 Å². The standard InChI is InChI=1S/C9H20N2O3/c1-8(12)7-11(2)9(13)10-5-4-6-14-3/h8,12H,4-7H2,1-3H3,(H,10,13). The number of hydrogen-bond donors (Lipinski definition) is 2. The summed E-state index contributed by atoms with van der Waals surface area (Å²) in [5.41, 5.74) is 0. The molecule has 0 aromatic carbocycles. The van der Waals surface area contributed by atoms with Gasteiger partial charge in [0.1, 0.15) is 0 Å². The quantitative estimate of drug-likeness (QED) is 0.601. The largest absolute Gasteiger partial charge is 0.392 e. The molecule has 0 spiro atoms. The maximum absolute atomic E-state index is 11.3. The lowest BCUT2D eigenvalue weighted by molar-refractivity contribution is 0.143. The minimum Gasteiger partial charge on any atom is -0.392 e. The smallest absolute Gasteiger partial charge is 0.317 e. The number of nitrogens with zero attached hydrogens (tertiary/aromatic N) is 1. The van der Waals surface area contributed by atoms with Crippen LogP contribution in [-0.4, -0.2) is 56.0 Å². The van der Waals surface area contributed by atoms with Crippen LogP contribution in [0.15, 0.2) is 0 Å². The molecule has 0 bridgehead atoms. The molecule has 0 saturated carbocycles. The average molecular weight is 204 g/mol. The second-order valence-corrected chi connectivity index (χ2v) is 3.31. The third-order valence-electron chi connectivity index (χ3n) is 1.69. The lowest BCUT2D eigenvalue weighted by Gasteiger charge is -2.19. The van der Waals surface area contributed by atoms with E-state index in [2.05, 4.69) is 5.32 Å². The van der Waals surface area contributed by atoms with Gasteiger partial charge in [-0.3, -0.25) is 0 Å². The Morgan fingerprint density at radius 1 is 1.64 bits per heavy atom. The average Bonchev–Trinajstić information content (AvgIpc) is 2.11. The summed E-state index contributed by atoms with van der Waals surface area (Å²) in [5, 5.41) is 11.8. The van der Waals surface area contributed by atoms with Crippen LogP contribution in [0.25, 0.3) is 0 Å². The highest BCUT2D eigenvalue weighted by molar-refractivity contribution is 5.73. The Hall–Kier alpha value is -0.810. The summed E-state index contributed by atoms with van der Waals surface area (Å²) in [6.07, 6.45) is 0.301. The van der Waals surface area contributed by atoms with E-state index in [0.29, 0.717) is 19.7 Å². The molecule has 2 N–H and O–H groups in total. The van der Waals surface area contributed by atoms with Gasteiger partial charge in [0.15, 0.2) is 0 Å². The van der Waals surface area contributed by atoms with Crippen molar-refractivity contribution in [2.45, 2.75) is 19.4 Å². The number of urea groups is 1. The van der Waals surface area contributed by atoms with E-state index in [0.717, 1.165) is 6.42 Å². The summed E-state index contributed by atoms with van der Waals surface area (Å²) in [7, 11) is 3.28. The molecule has 0 fully saturated rings. The number of nitrogens with one attached hydrogen (secondary N) is 1. The molecule has 0 aliphatic heterocycles. The molecule has 0 aliphatic carbocycles. The predicted octanol–water partition coefficient (Wildman–Crippen LogP) is 0.0451. The second-order valence-electron chi connectivity index (χ2n) is 3.31. The van der Waals surface area contributed by atoms with E-state index in [-0.39, 0.29) is 6.03 Å². The number of aliphatic hydroxyl groups is 1. The van der Waals surface area contributed by atoms with Gasteiger partial charge in [-0.15, -0.1) is 0 Å². The first kappa shape index (κ1) is 13.2. The zero-order chi connectivity index (χ0) is 11.0. The maximum Gasteiger partial charge on any atom is 0.317 e. The van der Waals surface area contributed by atoms with E-state index in [9.17, 15) is 4.79 Å². The van der Waals surface area contributed by atoms with Crippen LogP contribution in [0.2, 0.25) is 0 Å². The van der Waals surface area contributed by atoms with Crippen molar-refractivity contribution in [2.24, 2.45) is 0 Å². The van der Waals surface area contributed by atoms with Gasteiger partial charge in [0, 0.05) is 33.9 Å². The van der Waals surface area contributed by atoms with Crippen LogP contribution in [0.1, 0.15) is 13.3 Å². The van der Waals surface area contributed by atoms with E-state index in [1.165, 1.54) is 4.90 Å². The van der Waals surface area contributed by atoms with Crippen LogP contribution in [0, 0.1) is 0 Å². The fraction of sp³-hybridized carbons (Fsp3) is 0.889. The van der Waals surface area contributed by atoms with Crippen LogP contribution in [0.4, 0.5) is 4.79 Å². The summed E-state index contributed by atoms with van der Waals surface area (Å²) in [5.74, 6) is 0. The van der Waals surface area contributed by atoms with Crippen molar-refractivity contribution in [3.05, 3.63) is 0 Å². The first-order valence-electron chi connectivity index (χ1n) is 4.74. The molecule has 0 saturated heterocycles. The Kier molecular flexibility index (Phi) is 7.14. The Bertz CT molecular complexity index is 162. The molecule has 0 aromatic rings. The van der Waals surface area contributed by atoms with Crippen molar-refractivity contribution in [2.75, 3.05) is 33.9 Å². The second kappa shape index (κ2) is 7.58. The Morgan fingerprint density at radius 3 is 2.79 bits per heavy atom. The number of rotatable bonds is 6. The van der Waals surface area contributed by atoms with Gasteiger partial charge in [-0.2, -0.15) is 0 Å². The van der Waals surface area contributed by atoms with Crippen LogP contribution in [0.3, 0.4) is 0 Å². The third kappa shape index (κ3) is 6.68. The molecule has 1 atom stereocenters. The van der Waals surface area contributed by atoms with Crippen LogP contribution < -0.4 is 5.32 Å². The first-order valence-corrected chi connectivity index (χ1v) is 4.74. The zero-order valence-electron chi connectivity index (χ0n) is 9.12. The molecule has 0 radical (unpaired) electrons. The van der Waals surface area contributed by atoms with Crippen molar-refractivity contribution in [3.63, 3.8) is 0 Å². The molecule has 2 amide bonds. The summed E-state index contributed by atoms with van der Waals surface area (Å²) in [6, 6.07) is -0.165. The van der Waals surface area contributed by atoms with Crippen LogP contribution in [-0.2, 0) is 4.74 Å². The maximum atomic E-state index is 11.3. The van der Waals surface area contributed by atoms with Crippen molar-refractivity contribution in [1.29, 1.82) is 0 Å². The number of hydrogen-bond acceptors (Lipinski definition) is 3. The number of aliphatic hydroxyl groups excluding tert-OH is 1. The zero-order valence-corrected chi connectivity index (χ0v) is 9.12. The lowest BCUT2D eigenvalue weighted by Crippen LogP contribution is -2.41. The highest BCUT2D eigenvalue weighted by Crippen LogP contribution is 1.89. The van der Waals surface area contributed by atoms with Crippen molar-refractivity contribution in [3.8, 4) is 0 Å². The molecule has 5 heteroatoms. The van der Waals surface area contributed by atoms with Gasteiger partial charge in [-0.1, -0.05) is 0 Å². The van der Waals surface area contributed by atoms with E-state index in [1.54, 1.807) is 21.1 Å². The van der Waals surface area contributed by atoms with Gasteiger partial charge in [-0.25, -0.2) is 4.79 Å². The van der Waals surface area contributed by atoms with E-state index in [1.807, 2.05) is 0 Å². The molecule has 0 aliphatic rings. The fourth-order valence-electron chi connectivity index (χ4n) is 1.03. The van der Waals surface area contributed by atoms with Gasteiger partial charge in [0.25, 0.3) is 0 Å². The number of carbonyl (C=O) groups is 1. The van der Waals surface area contributed by atoms with Gasteiger partial charge >= 0.3 is 6.03 Å². The van der Waals surface area contributed by atoms with Crippen molar-refractivity contribution >= 4 is 6.03 Å². The normalized spacial score (nSPS) is 12.3. The molecule has 84 valence electrons. The van der Waals surface area contributed by atoms with Gasteiger partial charge in [0.2, 0.25) is 0 Å². The monoisotopic (exact) mass is 204 g/mol. The van der Waals surface area contributed by atoms with Gasteiger partial charge in [0.05, 0.1) is 6.10 Å². The van der Waals surface area contributed by atoms with E-state index >= 15 is 0 Å². The highest BCUT2D eigenvalue weighted by atomic mass is 16.5. The molecule has 0 aromatic heterocycles.